The zero-order chi connectivity index (χ0) is 11.7. The zero-order valence-electron chi connectivity index (χ0n) is 8.63. The molecule has 0 saturated heterocycles. The van der Waals surface area contributed by atoms with E-state index < -0.39 is 0 Å². The van der Waals surface area contributed by atoms with Crippen LogP contribution in [0.4, 0.5) is 0 Å². The fraction of sp³-hybridized carbons (Fsp3) is 0.182. The van der Waals surface area contributed by atoms with Crippen LogP contribution in [-0.4, -0.2) is 9.55 Å². The predicted octanol–water partition coefficient (Wildman–Crippen LogP) is 4.62. The third-order valence-corrected chi connectivity index (χ3v) is 3.83. The lowest BCUT2D eigenvalue weighted by atomic mass is 10.3. The molecule has 0 radical (unpaired) electrons. The maximum absolute atomic E-state index is 5.30. The molecule has 2 rings (SSSR count). The molecule has 0 amide bonds. The lowest BCUT2D eigenvalue weighted by Crippen LogP contribution is -2.00. The lowest BCUT2D eigenvalue weighted by Gasteiger charge is -2.09. The molecule has 0 fully saturated rings. The predicted molar refractivity (Wildman–Crippen MR) is 75.7 cm³/mol. The molecule has 5 heteroatoms. The molecule has 2 aromatic rings. The van der Waals surface area contributed by atoms with Crippen molar-refractivity contribution < 1.29 is 0 Å². The number of aryl methyl sites for hydroxylation is 1. The number of aromatic nitrogens is 2. The first-order chi connectivity index (χ1) is 7.63. The van der Waals surface area contributed by atoms with Crippen LogP contribution in [-0.2, 0) is 6.42 Å². The summed E-state index contributed by atoms with van der Waals surface area (Å²) in [6, 6.07) is 6.05. The number of rotatable bonds is 2. The molecular formula is C11H10Br2N2S. The number of benzene rings is 1. The van der Waals surface area contributed by atoms with E-state index in [9.17, 15) is 0 Å². The largest absolute Gasteiger partial charge is 0.337 e. The first kappa shape index (κ1) is 12.1. The molecule has 2 nitrogen and oxygen atoms in total. The van der Waals surface area contributed by atoms with Gasteiger partial charge in [0, 0.05) is 20.8 Å². The van der Waals surface area contributed by atoms with Crippen molar-refractivity contribution in [2.45, 2.75) is 13.3 Å². The second-order valence-corrected chi connectivity index (χ2v) is 5.53. The molecule has 0 atom stereocenters. The average molecular weight is 362 g/mol. The first-order valence-electron chi connectivity index (χ1n) is 4.88. The van der Waals surface area contributed by atoms with Gasteiger partial charge in [0.2, 0.25) is 0 Å². The van der Waals surface area contributed by atoms with Gasteiger partial charge in [0.15, 0.2) is 4.77 Å². The van der Waals surface area contributed by atoms with Gasteiger partial charge < -0.3 is 4.98 Å². The van der Waals surface area contributed by atoms with Gasteiger partial charge in [0.1, 0.15) is 0 Å². The normalized spacial score (nSPS) is 10.7. The molecule has 0 unspecified atom stereocenters. The van der Waals surface area contributed by atoms with Gasteiger partial charge in [0.25, 0.3) is 0 Å². The van der Waals surface area contributed by atoms with E-state index in [1.54, 1.807) is 0 Å². The minimum absolute atomic E-state index is 0.718. The number of H-pyrrole nitrogens is 1. The second kappa shape index (κ2) is 4.85. The Kier molecular flexibility index (Phi) is 3.66. The van der Waals surface area contributed by atoms with E-state index in [2.05, 4.69) is 43.8 Å². The van der Waals surface area contributed by atoms with E-state index in [1.165, 1.54) is 5.69 Å². The molecule has 1 aromatic carbocycles. The van der Waals surface area contributed by atoms with Crippen LogP contribution in [0.5, 0.6) is 0 Å². The van der Waals surface area contributed by atoms with Gasteiger partial charge in [-0.3, -0.25) is 4.57 Å². The minimum Gasteiger partial charge on any atom is -0.337 e. The standard InChI is InChI=1S/C11H10Br2N2S/c1-2-8-6-14-11(16)15(8)10-5-7(12)3-4-9(10)13/h3-6H,2H2,1H3,(H,14,16). The van der Waals surface area contributed by atoms with Gasteiger partial charge in [0.05, 0.1) is 5.69 Å². The monoisotopic (exact) mass is 360 g/mol. The molecular weight excluding hydrogens is 352 g/mol. The van der Waals surface area contributed by atoms with Crippen LogP contribution in [0, 0.1) is 4.77 Å². The van der Waals surface area contributed by atoms with Crippen molar-refractivity contribution in [2.75, 3.05) is 0 Å². The van der Waals surface area contributed by atoms with Crippen molar-refractivity contribution in [3.8, 4) is 5.69 Å². The van der Waals surface area contributed by atoms with Crippen molar-refractivity contribution in [1.82, 2.24) is 9.55 Å². The molecule has 0 saturated carbocycles. The number of hydrogen-bond donors (Lipinski definition) is 1. The van der Waals surface area contributed by atoms with Crippen LogP contribution >= 0.6 is 44.1 Å². The highest BCUT2D eigenvalue weighted by Crippen LogP contribution is 2.26. The third kappa shape index (κ3) is 2.17. The molecule has 1 N–H and O–H groups in total. The molecule has 1 heterocycles. The fourth-order valence-electron chi connectivity index (χ4n) is 1.59. The Balaban J connectivity index is 2.71. The minimum atomic E-state index is 0.718. The van der Waals surface area contributed by atoms with Gasteiger partial charge in [-0.2, -0.15) is 0 Å². The number of imidazole rings is 1. The molecule has 0 aliphatic carbocycles. The molecule has 0 aliphatic heterocycles. The summed E-state index contributed by atoms with van der Waals surface area (Å²) in [7, 11) is 0. The van der Waals surface area contributed by atoms with Crippen molar-refractivity contribution >= 4 is 44.1 Å². The van der Waals surface area contributed by atoms with E-state index >= 15 is 0 Å². The number of aromatic amines is 1. The van der Waals surface area contributed by atoms with Crippen LogP contribution in [0.3, 0.4) is 0 Å². The maximum atomic E-state index is 5.30. The van der Waals surface area contributed by atoms with Gasteiger partial charge >= 0.3 is 0 Å². The number of nitrogens with one attached hydrogen (secondary N) is 1. The van der Waals surface area contributed by atoms with E-state index in [1.807, 2.05) is 29.0 Å². The lowest BCUT2D eigenvalue weighted by molar-refractivity contribution is 0.917. The summed E-state index contributed by atoms with van der Waals surface area (Å²) in [4.78, 5) is 3.07. The van der Waals surface area contributed by atoms with E-state index in [0.717, 1.165) is 25.8 Å². The van der Waals surface area contributed by atoms with Crippen LogP contribution in [0.15, 0.2) is 33.3 Å². The highest BCUT2D eigenvalue weighted by Gasteiger charge is 2.08. The number of halogens is 2. The van der Waals surface area contributed by atoms with Gasteiger partial charge in [-0.15, -0.1) is 0 Å². The molecule has 0 aliphatic rings. The van der Waals surface area contributed by atoms with Crippen molar-refractivity contribution in [1.29, 1.82) is 0 Å². The van der Waals surface area contributed by atoms with Gasteiger partial charge in [-0.05, 0) is 52.8 Å². The number of hydrogen-bond acceptors (Lipinski definition) is 1. The molecule has 0 bridgehead atoms. The maximum Gasteiger partial charge on any atom is 0.182 e. The fourth-order valence-corrected chi connectivity index (χ4v) is 2.63. The molecule has 1 aromatic heterocycles. The van der Waals surface area contributed by atoms with Crippen LogP contribution < -0.4 is 0 Å². The summed E-state index contributed by atoms with van der Waals surface area (Å²) in [5, 5.41) is 0. The summed E-state index contributed by atoms with van der Waals surface area (Å²) in [5.74, 6) is 0. The smallest absolute Gasteiger partial charge is 0.182 e. The van der Waals surface area contributed by atoms with Crippen LogP contribution in [0.1, 0.15) is 12.6 Å². The Morgan fingerprint density at radius 2 is 2.12 bits per heavy atom. The summed E-state index contributed by atoms with van der Waals surface area (Å²) in [6.07, 6.45) is 2.89. The Morgan fingerprint density at radius 1 is 1.38 bits per heavy atom. The Hall–Kier alpha value is -0.390. The highest BCUT2D eigenvalue weighted by atomic mass is 79.9. The van der Waals surface area contributed by atoms with Crippen molar-refractivity contribution in [2.24, 2.45) is 0 Å². The summed E-state index contributed by atoms with van der Waals surface area (Å²) < 4.78 is 4.83. The van der Waals surface area contributed by atoms with Crippen molar-refractivity contribution in [3.05, 3.63) is 43.8 Å². The summed E-state index contributed by atoms with van der Waals surface area (Å²) in [6.45, 7) is 2.11. The first-order valence-corrected chi connectivity index (χ1v) is 6.87. The van der Waals surface area contributed by atoms with E-state index in [4.69, 9.17) is 12.2 Å². The SMILES string of the molecule is CCc1c[nH]c(=S)n1-c1cc(Br)ccc1Br. The topological polar surface area (TPSA) is 20.7 Å². The summed E-state index contributed by atoms with van der Waals surface area (Å²) in [5.41, 5.74) is 2.22. The van der Waals surface area contributed by atoms with Gasteiger partial charge in [-0.25, -0.2) is 0 Å². The van der Waals surface area contributed by atoms with Crippen LogP contribution in [0.2, 0.25) is 0 Å². The third-order valence-electron chi connectivity index (χ3n) is 2.36. The second-order valence-electron chi connectivity index (χ2n) is 3.37. The molecule has 0 spiro atoms. The Morgan fingerprint density at radius 3 is 2.81 bits per heavy atom. The highest BCUT2D eigenvalue weighted by molar-refractivity contribution is 9.11. The number of nitrogens with zero attached hydrogens (tertiary/aromatic N) is 1. The molecule has 16 heavy (non-hydrogen) atoms. The van der Waals surface area contributed by atoms with Crippen LogP contribution in [0.25, 0.3) is 5.69 Å². The van der Waals surface area contributed by atoms with Gasteiger partial charge in [-0.1, -0.05) is 22.9 Å². The van der Waals surface area contributed by atoms with E-state index in [0.29, 0.717) is 0 Å². The van der Waals surface area contributed by atoms with Crippen molar-refractivity contribution in [3.63, 3.8) is 0 Å². The molecule has 84 valence electrons. The Labute approximate surface area is 116 Å². The zero-order valence-corrected chi connectivity index (χ0v) is 12.6. The Bertz CT molecular complexity index is 572. The summed E-state index contributed by atoms with van der Waals surface area (Å²) >= 11 is 12.3. The quantitative estimate of drug-likeness (QED) is 0.774. The van der Waals surface area contributed by atoms with E-state index in [-0.39, 0.29) is 0 Å². The average Bonchev–Trinajstić information content (AvgIpc) is 2.63.